The maximum atomic E-state index is 6.42. The molecule has 0 bridgehead atoms. The molecule has 2 rings (SSSR count). The van der Waals surface area contributed by atoms with Gasteiger partial charge in [-0.05, 0) is 31.7 Å². The lowest BCUT2D eigenvalue weighted by Crippen LogP contribution is -2.48. The Labute approximate surface area is 105 Å². The summed E-state index contributed by atoms with van der Waals surface area (Å²) in [4.78, 5) is 0. The van der Waals surface area contributed by atoms with E-state index >= 15 is 0 Å². The number of nitrogens with one attached hydrogen (secondary N) is 1. The predicted molar refractivity (Wildman–Crippen MR) is 69.2 cm³/mol. The monoisotopic (exact) mass is 241 g/mol. The summed E-state index contributed by atoms with van der Waals surface area (Å²) in [5, 5.41) is 3.49. The van der Waals surface area contributed by atoms with Crippen molar-refractivity contribution in [2.24, 2.45) is 5.92 Å². The zero-order valence-electron chi connectivity index (χ0n) is 11.3. The van der Waals surface area contributed by atoms with Crippen molar-refractivity contribution in [3.63, 3.8) is 0 Å². The average molecular weight is 241 g/mol. The van der Waals surface area contributed by atoms with Crippen LogP contribution in [-0.4, -0.2) is 38.0 Å². The molecule has 3 unspecified atom stereocenters. The molecule has 17 heavy (non-hydrogen) atoms. The summed E-state index contributed by atoms with van der Waals surface area (Å²) in [6.45, 7) is 8.22. The number of rotatable bonds is 5. The van der Waals surface area contributed by atoms with E-state index in [9.17, 15) is 0 Å². The van der Waals surface area contributed by atoms with Crippen molar-refractivity contribution in [1.82, 2.24) is 5.32 Å². The second-order valence-electron chi connectivity index (χ2n) is 5.77. The molecule has 1 saturated heterocycles. The fourth-order valence-corrected chi connectivity index (χ4v) is 3.23. The van der Waals surface area contributed by atoms with Crippen molar-refractivity contribution in [3.05, 3.63) is 0 Å². The maximum Gasteiger partial charge on any atom is 0.0838 e. The number of likely N-dealkylation sites (N-methyl/N-ethyl adjacent to an activating group) is 1. The van der Waals surface area contributed by atoms with Crippen molar-refractivity contribution >= 4 is 0 Å². The molecular weight excluding hydrogens is 214 g/mol. The Morgan fingerprint density at radius 3 is 2.94 bits per heavy atom. The van der Waals surface area contributed by atoms with Crippen LogP contribution < -0.4 is 5.32 Å². The van der Waals surface area contributed by atoms with Crippen LogP contribution in [0, 0.1) is 5.92 Å². The molecule has 2 aliphatic rings. The van der Waals surface area contributed by atoms with Gasteiger partial charge in [0.05, 0.1) is 18.3 Å². The molecule has 1 aliphatic heterocycles. The number of hydrogen-bond donors (Lipinski definition) is 1. The summed E-state index contributed by atoms with van der Waals surface area (Å²) in [5.74, 6) is 0.796. The largest absolute Gasteiger partial charge is 0.379 e. The quantitative estimate of drug-likeness (QED) is 0.801. The van der Waals surface area contributed by atoms with E-state index in [1.54, 1.807) is 0 Å². The minimum absolute atomic E-state index is 0.0754. The van der Waals surface area contributed by atoms with Crippen molar-refractivity contribution < 1.29 is 9.47 Å². The molecule has 0 aromatic rings. The maximum absolute atomic E-state index is 6.42. The third kappa shape index (κ3) is 3.67. The normalized spacial score (nSPS) is 38.5. The van der Waals surface area contributed by atoms with Crippen LogP contribution in [0.3, 0.4) is 0 Å². The Kier molecular flexibility index (Phi) is 4.83. The molecule has 0 spiro atoms. The zero-order chi connectivity index (χ0) is 12.1. The predicted octanol–water partition coefficient (Wildman–Crippen LogP) is 2.35. The van der Waals surface area contributed by atoms with Gasteiger partial charge in [-0.1, -0.05) is 26.7 Å². The summed E-state index contributed by atoms with van der Waals surface area (Å²) < 4.78 is 11.9. The van der Waals surface area contributed by atoms with Crippen LogP contribution in [0.1, 0.15) is 46.0 Å². The van der Waals surface area contributed by atoms with E-state index in [4.69, 9.17) is 9.47 Å². The first-order chi connectivity index (χ1) is 8.24. The first kappa shape index (κ1) is 13.3. The van der Waals surface area contributed by atoms with Gasteiger partial charge in [0.25, 0.3) is 0 Å². The molecule has 3 nitrogen and oxygen atoms in total. The highest BCUT2D eigenvalue weighted by Gasteiger charge is 2.38. The van der Waals surface area contributed by atoms with Crippen LogP contribution in [0.25, 0.3) is 0 Å². The molecule has 0 aromatic heterocycles. The molecular formula is C14H27NO2. The van der Waals surface area contributed by atoms with Gasteiger partial charge in [-0.15, -0.1) is 0 Å². The highest BCUT2D eigenvalue weighted by Crippen LogP contribution is 2.36. The average Bonchev–Trinajstić information content (AvgIpc) is 2.79. The van der Waals surface area contributed by atoms with Crippen LogP contribution in [0.2, 0.25) is 0 Å². The van der Waals surface area contributed by atoms with E-state index in [1.807, 2.05) is 0 Å². The molecule has 1 heterocycles. The van der Waals surface area contributed by atoms with Crippen LogP contribution in [0.5, 0.6) is 0 Å². The molecule has 0 amide bonds. The topological polar surface area (TPSA) is 30.5 Å². The van der Waals surface area contributed by atoms with Crippen LogP contribution in [0.15, 0.2) is 0 Å². The first-order valence-electron chi connectivity index (χ1n) is 7.20. The van der Waals surface area contributed by atoms with Crippen molar-refractivity contribution in [3.8, 4) is 0 Å². The molecule has 3 heteroatoms. The number of ether oxygens (including phenoxy) is 2. The van der Waals surface area contributed by atoms with Gasteiger partial charge in [0.15, 0.2) is 0 Å². The Bertz CT molecular complexity index is 228. The van der Waals surface area contributed by atoms with Crippen molar-refractivity contribution in [2.45, 2.75) is 57.7 Å². The zero-order valence-corrected chi connectivity index (χ0v) is 11.3. The van der Waals surface area contributed by atoms with Gasteiger partial charge in [-0.2, -0.15) is 0 Å². The molecule has 0 radical (unpaired) electrons. The van der Waals surface area contributed by atoms with Crippen molar-refractivity contribution in [2.75, 3.05) is 26.3 Å². The molecule has 1 aliphatic carbocycles. The van der Waals surface area contributed by atoms with E-state index < -0.39 is 0 Å². The van der Waals surface area contributed by atoms with Crippen LogP contribution >= 0.6 is 0 Å². The van der Waals surface area contributed by atoms with E-state index in [0.717, 1.165) is 38.6 Å². The Morgan fingerprint density at radius 1 is 1.41 bits per heavy atom. The summed E-state index contributed by atoms with van der Waals surface area (Å²) in [5.41, 5.74) is 0.0754. The first-order valence-corrected chi connectivity index (χ1v) is 7.20. The van der Waals surface area contributed by atoms with Gasteiger partial charge in [0, 0.05) is 13.2 Å². The van der Waals surface area contributed by atoms with Crippen molar-refractivity contribution in [1.29, 1.82) is 0 Å². The van der Waals surface area contributed by atoms with E-state index in [1.165, 1.54) is 25.7 Å². The van der Waals surface area contributed by atoms with E-state index in [-0.39, 0.29) is 5.60 Å². The molecule has 2 fully saturated rings. The minimum Gasteiger partial charge on any atom is -0.379 e. The Hall–Kier alpha value is -0.120. The Balaban J connectivity index is 1.94. The van der Waals surface area contributed by atoms with Gasteiger partial charge in [0.2, 0.25) is 0 Å². The summed E-state index contributed by atoms with van der Waals surface area (Å²) in [6.07, 6.45) is 6.48. The smallest absolute Gasteiger partial charge is 0.0838 e. The molecule has 1 N–H and O–H groups in total. The standard InChI is InChI=1S/C14H27NO2/c1-3-15-11-14(7-4-5-12(2)9-14)17-13-6-8-16-10-13/h12-13,15H,3-11H2,1-2H3. The summed E-state index contributed by atoms with van der Waals surface area (Å²) in [7, 11) is 0. The molecule has 100 valence electrons. The second-order valence-corrected chi connectivity index (χ2v) is 5.77. The third-order valence-electron chi connectivity index (χ3n) is 4.05. The van der Waals surface area contributed by atoms with Gasteiger partial charge in [-0.25, -0.2) is 0 Å². The molecule has 3 atom stereocenters. The fraction of sp³-hybridized carbons (Fsp3) is 1.00. The van der Waals surface area contributed by atoms with E-state index in [2.05, 4.69) is 19.2 Å². The lowest BCUT2D eigenvalue weighted by Gasteiger charge is -2.41. The fourth-order valence-electron chi connectivity index (χ4n) is 3.23. The summed E-state index contributed by atoms with van der Waals surface area (Å²) >= 11 is 0. The minimum atomic E-state index is 0.0754. The van der Waals surface area contributed by atoms with Crippen LogP contribution in [0.4, 0.5) is 0 Å². The van der Waals surface area contributed by atoms with Gasteiger partial charge in [-0.3, -0.25) is 0 Å². The highest BCUT2D eigenvalue weighted by atomic mass is 16.6. The second kappa shape index (κ2) is 6.17. The highest BCUT2D eigenvalue weighted by molar-refractivity contribution is 4.90. The Morgan fingerprint density at radius 2 is 2.29 bits per heavy atom. The van der Waals surface area contributed by atoms with Gasteiger partial charge < -0.3 is 14.8 Å². The number of hydrogen-bond acceptors (Lipinski definition) is 3. The lowest BCUT2D eigenvalue weighted by atomic mass is 9.78. The van der Waals surface area contributed by atoms with E-state index in [0.29, 0.717) is 6.10 Å². The lowest BCUT2D eigenvalue weighted by molar-refractivity contribution is -0.119. The summed E-state index contributed by atoms with van der Waals surface area (Å²) in [6, 6.07) is 0. The third-order valence-corrected chi connectivity index (χ3v) is 4.05. The molecule has 0 aromatic carbocycles. The van der Waals surface area contributed by atoms with Gasteiger partial charge >= 0.3 is 0 Å². The molecule has 1 saturated carbocycles. The van der Waals surface area contributed by atoms with Crippen LogP contribution in [-0.2, 0) is 9.47 Å². The SMILES string of the molecule is CCNCC1(OC2CCOC2)CCCC(C)C1. The van der Waals surface area contributed by atoms with Gasteiger partial charge in [0.1, 0.15) is 0 Å².